The van der Waals surface area contributed by atoms with Crippen LogP contribution in [0.3, 0.4) is 0 Å². The van der Waals surface area contributed by atoms with Gasteiger partial charge in [-0.05, 0) is 30.0 Å². The number of nitrogens with one attached hydrogen (secondary N) is 1. The zero-order valence-electron chi connectivity index (χ0n) is 12.9. The summed E-state index contributed by atoms with van der Waals surface area (Å²) in [4.78, 5) is 26.7. The van der Waals surface area contributed by atoms with E-state index in [1.165, 1.54) is 17.8 Å². The fourth-order valence-corrected chi connectivity index (χ4v) is 2.75. The molecule has 0 aliphatic rings. The number of ether oxygens (including phenoxy) is 1. The highest BCUT2D eigenvalue weighted by Crippen LogP contribution is 2.19. The van der Waals surface area contributed by atoms with Crippen LogP contribution in [0.25, 0.3) is 6.08 Å². The summed E-state index contributed by atoms with van der Waals surface area (Å²) in [6, 6.07) is 8.16. The van der Waals surface area contributed by atoms with Crippen molar-refractivity contribution in [2.75, 3.05) is 18.2 Å². The number of rotatable bonds is 7. The van der Waals surface area contributed by atoms with Gasteiger partial charge in [-0.2, -0.15) is 14.6 Å². The summed E-state index contributed by atoms with van der Waals surface area (Å²) in [5.74, 6) is -1.29. The third-order valence-corrected chi connectivity index (χ3v) is 4.02. The van der Waals surface area contributed by atoms with E-state index < -0.39 is 18.5 Å². The lowest BCUT2D eigenvalue weighted by molar-refractivity contribution is -0.139. The van der Waals surface area contributed by atoms with Crippen LogP contribution in [0.4, 0.5) is 5.13 Å². The fourth-order valence-electron chi connectivity index (χ4n) is 1.63. The molecule has 8 nitrogen and oxygen atoms in total. The lowest BCUT2D eigenvalue weighted by atomic mass is 10.1. The molecule has 0 spiro atoms. The first-order valence-corrected chi connectivity index (χ1v) is 8.77. The second-order valence-electron chi connectivity index (χ2n) is 4.46. The Bertz CT molecular complexity index is 840. The Hall–Kier alpha value is -2.90. The van der Waals surface area contributed by atoms with E-state index in [2.05, 4.69) is 14.7 Å². The van der Waals surface area contributed by atoms with Gasteiger partial charge in [0, 0.05) is 11.5 Å². The number of carboxylic acids is 1. The van der Waals surface area contributed by atoms with E-state index in [0.717, 1.165) is 11.5 Å². The van der Waals surface area contributed by atoms with Crippen LogP contribution in [0.15, 0.2) is 35.0 Å². The number of nitrogens with zero attached hydrogens (tertiary/aromatic N) is 3. The number of carboxylic acid groups (broad SMARTS) is 1. The number of thioether (sulfide) groups is 1. The average molecular weight is 376 g/mol. The number of nitriles is 1. The van der Waals surface area contributed by atoms with Crippen LogP contribution < -0.4 is 10.1 Å². The number of hydrogen-bond donors (Lipinski definition) is 2. The van der Waals surface area contributed by atoms with Gasteiger partial charge in [-0.15, -0.1) is 0 Å². The summed E-state index contributed by atoms with van der Waals surface area (Å²) in [6.07, 6.45) is 3.23. The maximum Gasteiger partial charge on any atom is 0.341 e. The topological polar surface area (TPSA) is 125 Å². The minimum Gasteiger partial charge on any atom is -0.482 e. The Morgan fingerprint density at radius 1 is 1.44 bits per heavy atom. The largest absolute Gasteiger partial charge is 0.482 e. The highest BCUT2D eigenvalue weighted by atomic mass is 32.2. The van der Waals surface area contributed by atoms with Crippen LogP contribution in [0.5, 0.6) is 5.75 Å². The van der Waals surface area contributed by atoms with E-state index >= 15 is 0 Å². The van der Waals surface area contributed by atoms with Crippen LogP contribution in [-0.2, 0) is 9.59 Å². The van der Waals surface area contributed by atoms with Crippen molar-refractivity contribution >= 4 is 46.4 Å². The third kappa shape index (κ3) is 5.59. The second-order valence-corrected chi connectivity index (χ2v) is 5.99. The predicted octanol–water partition coefficient (Wildman–Crippen LogP) is 2.27. The Balaban J connectivity index is 2.06. The van der Waals surface area contributed by atoms with Crippen molar-refractivity contribution in [3.8, 4) is 11.8 Å². The molecule has 1 amide bonds. The molecule has 0 fully saturated rings. The van der Waals surface area contributed by atoms with Crippen LogP contribution in [-0.4, -0.2) is 39.2 Å². The van der Waals surface area contributed by atoms with Crippen LogP contribution in [0.2, 0.25) is 0 Å². The smallest absolute Gasteiger partial charge is 0.341 e. The molecule has 1 heterocycles. The molecule has 2 aromatic rings. The predicted molar refractivity (Wildman–Crippen MR) is 93.5 cm³/mol. The zero-order chi connectivity index (χ0) is 18.2. The molecular formula is C15H12N4O4S2. The van der Waals surface area contributed by atoms with Crippen LogP contribution in [0.1, 0.15) is 5.56 Å². The average Bonchev–Trinajstić information content (AvgIpc) is 3.06. The van der Waals surface area contributed by atoms with E-state index in [4.69, 9.17) is 9.84 Å². The summed E-state index contributed by atoms with van der Waals surface area (Å²) in [5, 5.41) is 21.1. The highest BCUT2D eigenvalue weighted by Gasteiger charge is 2.12. The van der Waals surface area contributed by atoms with Gasteiger partial charge in [0.2, 0.25) is 10.3 Å². The van der Waals surface area contributed by atoms with Crippen molar-refractivity contribution in [2.24, 2.45) is 0 Å². The SMILES string of the molecule is CSc1nsc(NC(=O)/C(C#N)=C\c2ccc(OCC(=O)O)cc2)n1. The molecule has 0 aliphatic carbocycles. The minimum atomic E-state index is -1.08. The number of benzene rings is 1. The minimum absolute atomic E-state index is 0.0971. The Labute approximate surface area is 151 Å². The van der Waals surface area contributed by atoms with Gasteiger partial charge in [0.1, 0.15) is 17.4 Å². The lowest BCUT2D eigenvalue weighted by Crippen LogP contribution is -2.13. The van der Waals surface area contributed by atoms with Crippen LogP contribution >= 0.6 is 23.3 Å². The molecule has 10 heteroatoms. The quantitative estimate of drug-likeness (QED) is 0.428. The molecule has 1 aromatic heterocycles. The number of hydrogen-bond acceptors (Lipinski definition) is 8. The molecule has 0 saturated heterocycles. The number of carbonyl (C=O) groups excluding carboxylic acids is 1. The molecule has 128 valence electrons. The van der Waals surface area contributed by atoms with Crippen molar-refractivity contribution in [1.82, 2.24) is 9.36 Å². The number of aromatic nitrogens is 2. The number of amides is 1. The fraction of sp³-hybridized carbons (Fsp3) is 0.133. The van der Waals surface area contributed by atoms with E-state index in [-0.39, 0.29) is 5.57 Å². The van der Waals surface area contributed by atoms with Gasteiger partial charge in [-0.3, -0.25) is 10.1 Å². The Morgan fingerprint density at radius 2 is 2.16 bits per heavy atom. The molecule has 0 unspecified atom stereocenters. The standard InChI is InChI=1S/C15H12N4O4S2/c1-24-15-18-14(25-19-15)17-13(22)10(7-16)6-9-2-4-11(5-3-9)23-8-12(20)21/h2-6H,8H2,1H3,(H,20,21)(H,17,18,19,22)/b10-6-. The molecule has 0 aliphatic heterocycles. The molecular weight excluding hydrogens is 364 g/mol. The Kier molecular flexibility index (Phi) is 6.50. The number of aliphatic carboxylic acids is 1. The van der Waals surface area contributed by atoms with E-state index in [0.29, 0.717) is 21.6 Å². The normalized spacial score (nSPS) is 10.8. The zero-order valence-corrected chi connectivity index (χ0v) is 14.6. The van der Waals surface area contributed by atoms with E-state index in [1.807, 2.05) is 12.3 Å². The van der Waals surface area contributed by atoms with Gasteiger partial charge < -0.3 is 9.84 Å². The molecule has 25 heavy (non-hydrogen) atoms. The lowest BCUT2D eigenvalue weighted by Gasteiger charge is -2.03. The first-order valence-electron chi connectivity index (χ1n) is 6.77. The summed E-state index contributed by atoms with van der Waals surface area (Å²) < 4.78 is 9.03. The van der Waals surface area contributed by atoms with Gasteiger partial charge in [-0.25, -0.2) is 4.79 Å². The summed E-state index contributed by atoms with van der Waals surface area (Å²) in [5.41, 5.74) is 0.497. The van der Waals surface area contributed by atoms with Crippen molar-refractivity contribution in [2.45, 2.75) is 5.16 Å². The third-order valence-electron chi connectivity index (χ3n) is 2.73. The number of anilines is 1. The molecule has 1 aromatic carbocycles. The number of carbonyl (C=O) groups is 2. The first kappa shape index (κ1) is 18.4. The van der Waals surface area contributed by atoms with Gasteiger partial charge in [0.25, 0.3) is 5.91 Å². The van der Waals surface area contributed by atoms with Crippen molar-refractivity contribution in [3.05, 3.63) is 35.4 Å². The summed E-state index contributed by atoms with van der Waals surface area (Å²) in [7, 11) is 0. The molecule has 0 saturated carbocycles. The van der Waals surface area contributed by atoms with Crippen molar-refractivity contribution < 1.29 is 19.4 Å². The van der Waals surface area contributed by atoms with Gasteiger partial charge in [-0.1, -0.05) is 23.9 Å². The molecule has 0 atom stereocenters. The maximum atomic E-state index is 12.1. The maximum absolute atomic E-state index is 12.1. The monoisotopic (exact) mass is 376 g/mol. The van der Waals surface area contributed by atoms with E-state index in [1.54, 1.807) is 24.3 Å². The molecule has 0 radical (unpaired) electrons. The van der Waals surface area contributed by atoms with Crippen molar-refractivity contribution in [3.63, 3.8) is 0 Å². The summed E-state index contributed by atoms with van der Waals surface area (Å²) in [6.45, 7) is -0.444. The van der Waals surface area contributed by atoms with Crippen molar-refractivity contribution in [1.29, 1.82) is 5.26 Å². The van der Waals surface area contributed by atoms with Crippen LogP contribution in [0, 0.1) is 11.3 Å². The van der Waals surface area contributed by atoms with Gasteiger partial charge >= 0.3 is 5.97 Å². The highest BCUT2D eigenvalue weighted by molar-refractivity contribution is 7.98. The molecule has 2 N–H and O–H groups in total. The second kappa shape index (κ2) is 8.81. The van der Waals surface area contributed by atoms with E-state index in [9.17, 15) is 14.9 Å². The van der Waals surface area contributed by atoms with Gasteiger partial charge in [0.15, 0.2) is 6.61 Å². The molecule has 2 rings (SSSR count). The Morgan fingerprint density at radius 3 is 2.72 bits per heavy atom. The first-order chi connectivity index (χ1) is 12.0. The summed E-state index contributed by atoms with van der Waals surface area (Å²) >= 11 is 2.38. The van der Waals surface area contributed by atoms with Gasteiger partial charge in [0.05, 0.1) is 0 Å². The molecule has 0 bridgehead atoms.